The Kier molecular flexibility index (Phi) is 7.92. The molecule has 5 nitrogen and oxygen atoms in total. The van der Waals surface area contributed by atoms with E-state index < -0.39 is 10.0 Å². The number of carbonyl (C=O) groups excluding carboxylic acids is 1. The van der Waals surface area contributed by atoms with E-state index in [-0.39, 0.29) is 30.2 Å². The molecule has 0 radical (unpaired) electrons. The first-order valence-electron chi connectivity index (χ1n) is 10.8. The second-order valence-electron chi connectivity index (χ2n) is 8.71. The van der Waals surface area contributed by atoms with Gasteiger partial charge in [0.05, 0.1) is 17.7 Å². The predicted octanol–water partition coefficient (Wildman–Crippen LogP) is 5.34. The van der Waals surface area contributed by atoms with Gasteiger partial charge >= 0.3 is 0 Å². The summed E-state index contributed by atoms with van der Waals surface area (Å²) in [6.07, 6.45) is 1.31. The molecule has 0 saturated carbocycles. The lowest BCUT2D eigenvalue weighted by molar-refractivity contribution is -0.126. The normalized spacial score (nSPS) is 18.4. The van der Waals surface area contributed by atoms with Gasteiger partial charge in [0.1, 0.15) is 0 Å². The van der Waals surface area contributed by atoms with Crippen LogP contribution in [-0.2, 0) is 20.6 Å². The molecular formula is C24H30Cl2N2O3S. The summed E-state index contributed by atoms with van der Waals surface area (Å²) >= 11 is 12.1. The number of sulfonamides is 1. The number of nitrogens with zero attached hydrogens (tertiary/aromatic N) is 1. The van der Waals surface area contributed by atoms with Crippen molar-refractivity contribution in [2.75, 3.05) is 13.1 Å². The minimum Gasteiger partial charge on any atom is -0.349 e. The highest BCUT2D eigenvalue weighted by Crippen LogP contribution is 2.27. The van der Waals surface area contributed by atoms with Crippen LogP contribution in [0.15, 0.2) is 30.3 Å². The Hall–Kier alpha value is -1.60. The number of aryl methyl sites for hydroxylation is 3. The van der Waals surface area contributed by atoms with Crippen LogP contribution in [0, 0.1) is 26.7 Å². The summed E-state index contributed by atoms with van der Waals surface area (Å²) in [6, 6.07) is 8.89. The van der Waals surface area contributed by atoms with Gasteiger partial charge in [-0.25, -0.2) is 12.7 Å². The Morgan fingerprint density at radius 3 is 2.50 bits per heavy atom. The van der Waals surface area contributed by atoms with Crippen molar-refractivity contribution in [3.8, 4) is 0 Å². The van der Waals surface area contributed by atoms with Crippen LogP contribution in [0.5, 0.6) is 0 Å². The smallest absolute Gasteiger partial charge is 0.224 e. The van der Waals surface area contributed by atoms with Crippen molar-refractivity contribution in [3.05, 3.63) is 68.2 Å². The lowest BCUT2D eigenvalue weighted by Crippen LogP contribution is -2.46. The van der Waals surface area contributed by atoms with Crippen molar-refractivity contribution in [1.82, 2.24) is 9.62 Å². The molecule has 1 aliphatic heterocycles. The molecule has 3 rings (SSSR count). The molecule has 0 aliphatic carbocycles. The monoisotopic (exact) mass is 496 g/mol. The van der Waals surface area contributed by atoms with Gasteiger partial charge < -0.3 is 5.32 Å². The number of nitrogens with one attached hydrogen (secondary N) is 1. The fourth-order valence-corrected chi connectivity index (χ4v) is 6.39. The molecule has 0 bridgehead atoms. The third kappa shape index (κ3) is 5.84. The van der Waals surface area contributed by atoms with Crippen LogP contribution in [0.2, 0.25) is 10.0 Å². The molecule has 2 atom stereocenters. The molecule has 0 unspecified atom stereocenters. The van der Waals surface area contributed by atoms with E-state index >= 15 is 0 Å². The van der Waals surface area contributed by atoms with Crippen molar-refractivity contribution >= 4 is 39.1 Å². The van der Waals surface area contributed by atoms with E-state index in [4.69, 9.17) is 23.2 Å². The molecule has 2 aromatic rings. The Morgan fingerprint density at radius 1 is 1.12 bits per heavy atom. The lowest BCUT2D eigenvalue weighted by atomic mass is 9.95. The number of hydrogen-bond donors (Lipinski definition) is 1. The van der Waals surface area contributed by atoms with Gasteiger partial charge in [-0.2, -0.15) is 0 Å². The highest BCUT2D eigenvalue weighted by Gasteiger charge is 2.33. The number of piperidine rings is 1. The Balaban J connectivity index is 1.68. The van der Waals surface area contributed by atoms with Crippen LogP contribution in [-0.4, -0.2) is 31.7 Å². The van der Waals surface area contributed by atoms with Crippen LogP contribution in [0.25, 0.3) is 0 Å². The van der Waals surface area contributed by atoms with Gasteiger partial charge in [-0.1, -0.05) is 41.4 Å². The van der Waals surface area contributed by atoms with Crippen molar-refractivity contribution in [1.29, 1.82) is 0 Å². The molecule has 32 heavy (non-hydrogen) atoms. The molecule has 0 spiro atoms. The highest BCUT2D eigenvalue weighted by molar-refractivity contribution is 7.88. The van der Waals surface area contributed by atoms with Crippen LogP contribution in [0.4, 0.5) is 0 Å². The van der Waals surface area contributed by atoms with E-state index in [9.17, 15) is 13.2 Å². The lowest BCUT2D eigenvalue weighted by Gasteiger charge is -2.32. The summed E-state index contributed by atoms with van der Waals surface area (Å²) in [5, 5.41) is 3.88. The number of rotatable bonds is 6. The van der Waals surface area contributed by atoms with Crippen molar-refractivity contribution < 1.29 is 13.2 Å². The van der Waals surface area contributed by atoms with Gasteiger partial charge in [-0.3, -0.25) is 4.79 Å². The molecule has 1 aliphatic rings. The molecule has 1 saturated heterocycles. The number of carbonyl (C=O) groups is 1. The Labute approximate surface area is 201 Å². The maximum Gasteiger partial charge on any atom is 0.224 e. The highest BCUT2D eigenvalue weighted by atomic mass is 35.5. The first-order valence-corrected chi connectivity index (χ1v) is 13.1. The molecule has 1 amide bonds. The fraction of sp³-hybridized carbons (Fsp3) is 0.458. The fourth-order valence-electron chi connectivity index (χ4n) is 4.19. The summed E-state index contributed by atoms with van der Waals surface area (Å²) in [4.78, 5) is 13.0. The third-order valence-corrected chi connectivity index (χ3v) is 8.59. The van der Waals surface area contributed by atoms with Gasteiger partial charge in [0.15, 0.2) is 0 Å². The second-order valence-corrected chi connectivity index (χ2v) is 11.5. The molecule has 1 fully saturated rings. The average Bonchev–Trinajstić information content (AvgIpc) is 2.72. The number of hydrogen-bond acceptors (Lipinski definition) is 3. The van der Waals surface area contributed by atoms with E-state index in [0.717, 1.165) is 11.1 Å². The molecule has 174 valence electrons. The minimum absolute atomic E-state index is 0.112. The quantitative estimate of drug-likeness (QED) is 0.586. The van der Waals surface area contributed by atoms with Crippen molar-refractivity contribution in [3.63, 3.8) is 0 Å². The van der Waals surface area contributed by atoms with E-state index in [0.29, 0.717) is 35.0 Å². The molecule has 0 aromatic heterocycles. The number of halogens is 2. The molecule has 1 N–H and O–H groups in total. The van der Waals surface area contributed by atoms with Crippen LogP contribution < -0.4 is 5.32 Å². The van der Waals surface area contributed by atoms with Crippen LogP contribution >= 0.6 is 23.2 Å². The summed E-state index contributed by atoms with van der Waals surface area (Å²) in [6.45, 7) is 8.73. The van der Waals surface area contributed by atoms with Crippen LogP contribution in [0.1, 0.15) is 53.6 Å². The topological polar surface area (TPSA) is 66.5 Å². The Bertz CT molecular complexity index is 1120. The predicted molar refractivity (Wildman–Crippen MR) is 131 cm³/mol. The summed E-state index contributed by atoms with van der Waals surface area (Å²) in [5.74, 6) is -0.705. The Morgan fingerprint density at radius 2 is 1.81 bits per heavy atom. The third-order valence-electron chi connectivity index (χ3n) is 6.21. The van der Waals surface area contributed by atoms with Gasteiger partial charge in [-0.05, 0) is 80.5 Å². The largest absolute Gasteiger partial charge is 0.349 e. The molecule has 2 aromatic carbocycles. The first kappa shape index (κ1) is 25.0. The maximum absolute atomic E-state index is 13.0. The van der Waals surface area contributed by atoms with Gasteiger partial charge in [0.25, 0.3) is 0 Å². The van der Waals surface area contributed by atoms with Gasteiger partial charge in [-0.15, -0.1) is 0 Å². The van der Waals surface area contributed by atoms with E-state index in [2.05, 4.69) is 31.3 Å². The molecule has 1 heterocycles. The van der Waals surface area contributed by atoms with E-state index in [1.54, 1.807) is 12.1 Å². The number of amides is 1. The van der Waals surface area contributed by atoms with Crippen molar-refractivity contribution in [2.24, 2.45) is 5.92 Å². The average molecular weight is 497 g/mol. The van der Waals surface area contributed by atoms with Gasteiger partial charge in [0.2, 0.25) is 15.9 Å². The SMILES string of the molecule is Cc1cc(C)c([C@H](C)NC(=O)[C@H]2CCCN(S(=O)(=O)Cc3ccc(Cl)cc3Cl)C2)cc1C. The van der Waals surface area contributed by atoms with Crippen LogP contribution in [0.3, 0.4) is 0 Å². The standard InChI is InChI=1S/C24H30Cl2N2O3S/c1-15-10-17(3)22(11-16(15)2)18(4)27-24(29)19-6-5-9-28(13-19)32(30,31)14-20-7-8-21(25)12-23(20)26/h7-8,10-12,18-19H,5-6,9,13-14H2,1-4H3,(H,27,29)/t18-,19-/m0/s1. The van der Waals surface area contributed by atoms with Crippen molar-refractivity contribution in [2.45, 2.75) is 52.3 Å². The number of benzene rings is 2. The summed E-state index contributed by atoms with van der Waals surface area (Å²) < 4.78 is 27.5. The minimum atomic E-state index is -3.61. The van der Waals surface area contributed by atoms with Gasteiger partial charge in [0, 0.05) is 23.1 Å². The first-order chi connectivity index (χ1) is 15.0. The van der Waals surface area contributed by atoms with E-state index in [1.807, 2.05) is 13.8 Å². The maximum atomic E-state index is 13.0. The molecular weight excluding hydrogens is 467 g/mol. The van der Waals surface area contributed by atoms with E-state index in [1.165, 1.54) is 21.5 Å². The molecule has 8 heteroatoms. The zero-order chi connectivity index (χ0) is 23.6. The summed E-state index contributed by atoms with van der Waals surface area (Å²) in [7, 11) is -3.61. The summed E-state index contributed by atoms with van der Waals surface area (Å²) in [5.41, 5.74) is 5.12. The zero-order valence-electron chi connectivity index (χ0n) is 18.9. The zero-order valence-corrected chi connectivity index (χ0v) is 21.2. The second kappa shape index (κ2) is 10.1.